The Morgan fingerprint density at radius 3 is 2.65 bits per heavy atom. The maximum absolute atomic E-state index is 6.11. The molecule has 2 heteroatoms. The van der Waals surface area contributed by atoms with E-state index in [-0.39, 0.29) is 6.10 Å². The molecular weight excluding hydrogens is 246 g/mol. The summed E-state index contributed by atoms with van der Waals surface area (Å²) in [5.41, 5.74) is 2.60. The van der Waals surface area contributed by atoms with Gasteiger partial charge in [-0.2, -0.15) is 0 Å². The first kappa shape index (κ1) is 17.2. The van der Waals surface area contributed by atoms with Crippen molar-refractivity contribution in [2.45, 2.75) is 59.0 Å². The van der Waals surface area contributed by atoms with Crippen molar-refractivity contribution >= 4 is 0 Å². The third-order valence-electron chi connectivity index (χ3n) is 3.49. The van der Waals surface area contributed by atoms with E-state index < -0.39 is 0 Å². The van der Waals surface area contributed by atoms with E-state index in [9.17, 15) is 0 Å². The van der Waals surface area contributed by atoms with Crippen LogP contribution in [0.3, 0.4) is 0 Å². The summed E-state index contributed by atoms with van der Waals surface area (Å²) in [7, 11) is 0. The zero-order chi connectivity index (χ0) is 14.6. The predicted octanol–water partition coefficient (Wildman–Crippen LogP) is 4.63. The molecule has 20 heavy (non-hydrogen) atoms. The van der Waals surface area contributed by atoms with Crippen LogP contribution in [-0.4, -0.2) is 19.7 Å². The number of ether oxygens (including phenoxy) is 1. The van der Waals surface area contributed by atoms with Gasteiger partial charge in [0, 0.05) is 13.2 Å². The van der Waals surface area contributed by atoms with Crippen LogP contribution in [0.25, 0.3) is 0 Å². The quantitative estimate of drug-likeness (QED) is 0.595. The summed E-state index contributed by atoms with van der Waals surface area (Å²) in [5, 5.41) is 3.48. The van der Waals surface area contributed by atoms with E-state index in [1.54, 1.807) is 0 Å². The molecular formula is C18H31NO. The molecule has 1 atom stereocenters. The molecule has 0 fully saturated rings. The van der Waals surface area contributed by atoms with Gasteiger partial charge in [-0.05, 0) is 31.9 Å². The van der Waals surface area contributed by atoms with Crippen molar-refractivity contribution in [1.82, 2.24) is 5.32 Å². The van der Waals surface area contributed by atoms with Crippen molar-refractivity contribution in [3.63, 3.8) is 0 Å². The fraction of sp³-hybridized carbons (Fsp3) is 0.667. The summed E-state index contributed by atoms with van der Waals surface area (Å²) in [6, 6.07) is 8.68. The molecule has 0 bridgehead atoms. The Kier molecular flexibility index (Phi) is 9.35. The molecule has 2 nitrogen and oxygen atoms in total. The smallest absolute Gasteiger partial charge is 0.0949 e. The van der Waals surface area contributed by atoms with Gasteiger partial charge in [0.25, 0.3) is 0 Å². The summed E-state index contributed by atoms with van der Waals surface area (Å²) < 4.78 is 6.11. The highest BCUT2D eigenvalue weighted by Gasteiger charge is 2.11. The molecule has 1 N–H and O–H groups in total. The molecule has 0 saturated carbocycles. The molecule has 114 valence electrons. The largest absolute Gasteiger partial charge is 0.372 e. The van der Waals surface area contributed by atoms with Gasteiger partial charge in [0.15, 0.2) is 0 Å². The van der Waals surface area contributed by atoms with Gasteiger partial charge in [-0.3, -0.25) is 0 Å². The van der Waals surface area contributed by atoms with Gasteiger partial charge in [-0.25, -0.2) is 0 Å². The van der Waals surface area contributed by atoms with Crippen molar-refractivity contribution < 1.29 is 4.74 Å². The molecule has 0 aromatic heterocycles. The minimum Gasteiger partial charge on any atom is -0.372 e. The number of hydrogen-bond acceptors (Lipinski definition) is 2. The van der Waals surface area contributed by atoms with Crippen LogP contribution in [0.2, 0.25) is 0 Å². The molecule has 0 saturated heterocycles. The summed E-state index contributed by atoms with van der Waals surface area (Å²) >= 11 is 0. The average molecular weight is 277 g/mol. The standard InChI is InChI=1S/C18H31NO/c1-4-6-7-8-13-20-18(15-19-12-5-2)17-11-9-10-16(3)14-17/h9-11,14,18-19H,4-8,12-13,15H2,1-3H3. The molecule has 0 radical (unpaired) electrons. The monoisotopic (exact) mass is 277 g/mol. The number of hydrogen-bond donors (Lipinski definition) is 1. The van der Waals surface area contributed by atoms with Crippen molar-refractivity contribution in [3.05, 3.63) is 35.4 Å². The highest BCUT2D eigenvalue weighted by Crippen LogP contribution is 2.18. The number of unbranched alkanes of at least 4 members (excludes halogenated alkanes) is 3. The normalized spacial score (nSPS) is 12.6. The van der Waals surface area contributed by atoms with Crippen LogP contribution < -0.4 is 5.32 Å². The third kappa shape index (κ3) is 7.06. The van der Waals surface area contributed by atoms with Crippen molar-refractivity contribution in [2.75, 3.05) is 19.7 Å². The predicted molar refractivity (Wildman–Crippen MR) is 87.2 cm³/mol. The fourth-order valence-electron chi connectivity index (χ4n) is 2.31. The first-order valence-corrected chi connectivity index (χ1v) is 8.16. The Morgan fingerprint density at radius 1 is 1.10 bits per heavy atom. The van der Waals surface area contributed by atoms with Gasteiger partial charge in [0.05, 0.1) is 6.10 Å². The van der Waals surface area contributed by atoms with Gasteiger partial charge < -0.3 is 10.1 Å². The number of rotatable bonds is 11. The van der Waals surface area contributed by atoms with Crippen molar-refractivity contribution in [2.24, 2.45) is 0 Å². The van der Waals surface area contributed by atoms with E-state index in [4.69, 9.17) is 4.74 Å². The Hall–Kier alpha value is -0.860. The van der Waals surface area contributed by atoms with E-state index >= 15 is 0 Å². The maximum atomic E-state index is 6.11. The molecule has 0 spiro atoms. The van der Waals surface area contributed by atoms with Gasteiger partial charge in [0.1, 0.15) is 0 Å². The highest BCUT2D eigenvalue weighted by molar-refractivity contribution is 5.24. The van der Waals surface area contributed by atoms with E-state index in [0.29, 0.717) is 0 Å². The number of nitrogens with one attached hydrogen (secondary N) is 1. The SMILES string of the molecule is CCCCCCOC(CNCCC)c1cccc(C)c1. The first-order valence-electron chi connectivity index (χ1n) is 8.16. The zero-order valence-electron chi connectivity index (χ0n) is 13.5. The van der Waals surface area contributed by atoms with Crippen LogP contribution >= 0.6 is 0 Å². The lowest BCUT2D eigenvalue weighted by Gasteiger charge is -2.19. The minimum absolute atomic E-state index is 0.183. The van der Waals surface area contributed by atoms with E-state index in [2.05, 4.69) is 50.4 Å². The number of aryl methyl sites for hydroxylation is 1. The second-order valence-corrected chi connectivity index (χ2v) is 5.54. The van der Waals surface area contributed by atoms with E-state index in [0.717, 1.165) is 26.1 Å². The van der Waals surface area contributed by atoms with Crippen LogP contribution in [0.5, 0.6) is 0 Å². The average Bonchev–Trinajstić information content (AvgIpc) is 2.45. The van der Waals surface area contributed by atoms with Crippen molar-refractivity contribution in [1.29, 1.82) is 0 Å². The van der Waals surface area contributed by atoms with Crippen LogP contribution in [0.1, 0.15) is 63.2 Å². The Balaban J connectivity index is 2.47. The van der Waals surface area contributed by atoms with Gasteiger partial charge in [-0.1, -0.05) is 62.9 Å². The van der Waals surface area contributed by atoms with Crippen LogP contribution in [-0.2, 0) is 4.74 Å². The lowest BCUT2D eigenvalue weighted by molar-refractivity contribution is 0.0499. The molecule has 1 rings (SSSR count). The Labute approximate surface area is 124 Å². The molecule has 0 aliphatic heterocycles. The summed E-state index contributed by atoms with van der Waals surface area (Å²) in [5.74, 6) is 0. The zero-order valence-corrected chi connectivity index (χ0v) is 13.5. The molecule has 0 aliphatic rings. The van der Waals surface area contributed by atoms with Crippen LogP contribution in [0.4, 0.5) is 0 Å². The second kappa shape index (κ2) is 10.9. The molecule has 1 unspecified atom stereocenters. The summed E-state index contributed by atoms with van der Waals surface area (Å²) in [4.78, 5) is 0. The highest BCUT2D eigenvalue weighted by atomic mass is 16.5. The van der Waals surface area contributed by atoms with E-state index in [1.165, 1.54) is 36.8 Å². The van der Waals surface area contributed by atoms with E-state index in [1.807, 2.05) is 0 Å². The third-order valence-corrected chi connectivity index (χ3v) is 3.49. The van der Waals surface area contributed by atoms with Gasteiger partial charge in [-0.15, -0.1) is 0 Å². The molecule has 1 aromatic carbocycles. The second-order valence-electron chi connectivity index (χ2n) is 5.54. The van der Waals surface area contributed by atoms with Crippen LogP contribution in [0, 0.1) is 6.92 Å². The first-order chi connectivity index (χ1) is 9.77. The number of benzene rings is 1. The summed E-state index contributed by atoms with van der Waals surface area (Å²) in [6.45, 7) is 9.41. The Morgan fingerprint density at radius 2 is 1.95 bits per heavy atom. The lowest BCUT2D eigenvalue weighted by atomic mass is 10.1. The van der Waals surface area contributed by atoms with Crippen molar-refractivity contribution in [3.8, 4) is 0 Å². The molecule has 0 heterocycles. The van der Waals surface area contributed by atoms with Gasteiger partial charge in [0.2, 0.25) is 0 Å². The molecule has 0 aliphatic carbocycles. The van der Waals surface area contributed by atoms with Gasteiger partial charge >= 0.3 is 0 Å². The molecule has 0 amide bonds. The van der Waals surface area contributed by atoms with Crippen LogP contribution in [0.15, 0.2) is 24.3 Å². The topological polar surface area (TPSA) is 21.3 Å². The summed E-state index contributed by atoms with van der Waals surface area (Å²) in [6.07, 6.45) is 6.38. The Bertz CT molecular complexity index is 351. The molecule has 1 aromatic rings. The lowest BCUT2D eigenvalue weighted by Crippen LogP contribution is -2.24. The minimum atomic E-state index is 0.183. The fourth-order valence-corrected chi connectivity index (χ4v) is 2.31. The maximum Gasteiger partial charge on any atom is 0.0949 e.